The van der Waals surface area contributed by atoms with Gasteiger partial charge in [-0.3, -0.25) is 14.5 Å². The smallest absolute Gasteiger partial charge is 0.227 e. The average Bonchev–Trinajstić information content (AvgIpc) is 2.73. The molecule has 2 rings (SSSR count). The SMILES string of the molecule is C=CCN1CCCN(C(=O)[C@@H]2CCCN(C(C)=O)C2)CC1. The van der Waals surface area contributed by atoms with E-state index < -0.39 is 0 Å². The molecule has 2 saturated heterocycles. The minimum absolute atomic E-state index is 0.00592. The summed E-state index contributed by atoms with van der Waals surface area (Å²) in [5.74, 6) is 0.315. The summed E-state index contributed by atoms with van der Waals surface area (Å²) in [7, 11) is 0. The maximum absolute atomic E-state index is 12.7. The summed E-state index contributed by atoms with van der Waals surface area (Å²) in [4.78, 5) is 30.3. The molecule has 0 spiro atoms. The summed E-state index contributed by atoms with van der Waals surface area (Å²) >= 11 is 0. The highest BCUT2D eigenvalue weighted by atomic mass is 16.2. The van der Waals surface area contributed by atoms with Crippen LogP contribution < -0.4 is 0 Å². The highest BCUT2D eigenvalue weighted by Crippen LogP contribution is 2.20. The predicted octanol–water partition coefficient (Wildman–Crippen LogP) is 0.965. The van der Waals surface area contributed by atoms with Crippen LogP contribution in [0.2, 0.25) is 0 Å². The van der Waals surface area contributed by atoms with Crippen LogP contribution in [0.4, 0.5) is 0 Å². The molecule has 118 valence electrons. The molecule has 0 aromatic heterocycles. The third-order valence-electron chi connectivity index (χ3n) is 4.50. The molecule has 2 fully saturated rings. The average molecular weight is 293 g/mol. The number of hydrogen-bond donors (Lipinski definition) is 0. The van der Waals surface area contributed by atoms with Crippen molar-refractivity contribution < 1.29 is 9.59 Å². The molecule has 1 atom stereocenters. The maximum atomic E-state index is 12.7. The highest BCUT2D eigenvalue weighted by molar-refractivity contribution is 5.80. The van der Waals surface area contributed by atoms with Gasteiger partial charge in [0.05, 0.1) is 5.92 Å². The molecule has 0 aromatic rings. The number of carbonyl (C=O) groups excluding carboxylic acids is 2. The summed E-state index contributed by atoms with van der Waals surface area (Å²) in [6.07, 6.45) is 4.79. The standard InChI is InChI=1S/C16H27N3O2/c1-3-7-17-8-5-10-18(12-11-17)16(21)15-6-4-9-19(13-15)14(2)20/h3,15H,1,4-13H2,2H3/t15-/m1/s1. The molecule has 0 aromatic carbocycles. The van der Waals surface area contributed by atoms with Crippen LogP contribution in [0.25, 0.3) is 0 Å². The van der Waals surface area contributed by atoms with E-state index in [0.717, 1.165) is 58.5 Å². The van der Waals surface area contributed by atoms with Gasteiger partial charge in [0, 0.05) is 52.7 Å². The Balaban J connectivity index is 1.90. The Hall–Kier alpha value is -1.36. The molecular formula is C16H27N3O2. The highest BCUT2D eigenvalue weighted by Gasteiger charge is 2.30. The van der Waals surface area contributed by atoms with Crippen LogP contribution in [0.3, 0.4) is 0 Å². The quantitative estimate of drug-likeness (QED) is 0.728. The molecule has 0 bridgehead atoms. The molecule has 2 heterocycles. The van der Waals surface area contributed by atoms with Gasteiger partial charge < -0.3 is 9.80 Å². The Bertz CT molecular complexity index is 397. The van der Waals surface area contributed by atoms with Crippen molar-refractivity contribution in [3.05, 3.63) is 12.7 Å². The predicted molar refractivity (Wildman–Crippen MR) is 82.8 cm³/mol. The van der Waals surface area contributed by atoms with Crippen LogP contribution >= 0.6 is 0 Å². The number of amides is 2. The van der Waals surface area contributed by atoms with Crippen molar-refractivity contribution in [1.29, 1.82) is 0 Å². The fraction of sp³-hybridized carbons (Fsp3) is 0.750. The summed E-state index contributed by atoms with van der Waals surface area (Å²) in [6.45, 7) is 11.2. The Morgan fingerprint density at radius 3 is 2.57 bits per heavy atom. The lowest BCUT2D eigenvalue weighted by atomic mass is 9.96. The van der Waals surface area contributed by atoms with Gasteiger partial charge in [-0.2, -0.15) is 0 Å². The van der Waals surface area contributed by atoms with Crippen molar-refractivity contribution >= 4 is 11.8 Å². The van der Waals surface area contributed by atoms with Crippen molar-refractivity contribution in [2.45, 2.75) is 26.2 Å². The van der Waals surface area contributed by atoms with E-state index in [4.69, 9.17) is 0 Å². The van der Waals surface area contributed by atoms with Crippen molar-refractivity contribution in [2.24, 2.45) is 5.92 Å². The van der Waals surface area contributed by atoms with E-state index in [-0.39, 0.29) is 17.7 Å². The molecule has 5 heteroatoms. The molecule has 5 nitrogen and oxygen atoms in total. The van der Waals surface area contributed by atoms with E-state index in [1.807, 2.05) is 15.9 Å². The monoisotopic (exact) mass is 293 g/mol. The van der Waals surface area contributed by atoms with Crippen molar-refractivity contribution in [3.63, 3.8) is 0 Å². The van der Waals surface area contributed by atoms with E-state index >= 15 is 0 Å². The van der Waals surface area contributed by atoms with E-state index in [2.05, 4.69) is 11.5 Å². The summed E-state index contributed by atoms with van der Waals surface area (Å²) in [5, 5.41) is 0. The Kier molecular flexibility index (Phi) is 5.79. The lowest BCUT2D eigenvalue weighted by Gasteiger charge is -2.34. The van der Waals surface area contributed by atoms with Crippen LogP contribution in [0.1, 0.15) is 26.2 Å². The van der Waals surface area contributed by atoms with E-state index in [9.17, 15) is 9.59 Å². The van der Waals surface area contributed by atoms with Gasteiger partial charge in [0.2, 0.25) is 11.8 Å². The Morgan fingerprint density at radius 2 is 1.86 bits per heavy atom. The fourth-order valence-corrected chi connectivity index (χ4v) is 3.28. The van der Waals surface area contributed by atoms with E-state index in [1.165, 1.54) is 0 Å². The van der Waals surface area contributed by atoms with Gasteiger partial charge in [-0.05, 0) is 19.3 Å². The summed E-state index contributed by atoms with van der Waals surface area (Å²) in [5.41, 5.74) is 0. The number of piperidine rings is 1. The molecular weight excluding hydrogens is 266 g/mol. The second kappa shape index (κ2) is 7.59. The van der Waals surface area contributed by atoms with Crippen LogP contribution in [0.5, 0.6) is 0 Å². The number of hydrogen-bond acceptors (Lipinski definition) is 3. The van der Waals surface area contributed by atoms with Gasteiger partial charge in [0.1, 0.15) is 0 Å². The van der Waals surface area contributed by atoms with Gasteiger partial charge in [-0.25, -0.2) is 0 Å². The van der Waals surface area contributed by atoms with Crippen LogP contribution in [-0.4, -0.2) is 72.3 Å². The number of nitrogens with zero attached hydrogens (tertiary/aromatic N) is 3. The zero-order chi connectivity index (χ0) is 15.2. The molecule has 2 amide bonds. The van der Waals surface area contributed by atoms with Gasteiger partial charge in [-0.15, -0.1) is 6.58 Å². The van der Waals surface area contributed by atoms with Crippen LogP contribution in [0, 0.1) is 5.92 Å². The molecule has 2 aliphatic heterocycles. The first kappa shape index (κ1) is 16.0. The normalized spacial score (nSPS) is 24.5. The Labute approximate surface area is 127 Å². The Morgan fingerprint density at radius 1 is 1.10 bits per heavy atom. The summed E-state index contributed by atoms with van der Waals surface area (Å²) < 4.78 is 0. The number of rotatable bonds is 3. The second-order valence-corrected chi connectivity index (χ2v) is 6.07. The molecule has 0 radical (unpaired) electrons. The van der Waals surface area contributed by atoms with Crippen molar-refractivity contribution in [1.82, 2.24) is 14.7 Å². The van der Waals surface area contributed by atoms with Gasteiger partial charge >= 0.3 is 0 Å². The van der Waals surface area contributed by atoms with Crippen molar-refractivity contribution in [3.8, 4) is 0 Å². The minimum atomic E-state index is -0.00592. The number of likely N-dealkylation sites (tertiary alicyclic amines) is 1. The third-order valence-corrected chi connectivity index (χ3v) is 4.50. The van der Waals surface area contributed by atoms with Gasteiger partial charge in [0.25, 0.3) is 0 Å². The fourth-order valence-electron chi connectivity index (χ4n) is 3.28. The second-order valence-electron chi connectivity index (χ2n) is 6.07. The van der Waals surface area contributed by atoms with Crippen molar-refractivity contribution in [2.75, 3.05) is 45.8 Å². The zero-order valence-electron chi connectivity index (χ0n) is 13.1. The maximum Gasteiger partial charge on any atom is 0.227 e. The third kappa shape index (κ3) is 4.30. The van der Waals surface area contributed by atoms with Crippen LogP contribution in [0.15, 0.2) is 12.7 Å². The number of carbonyl (C=O) groups is 2. The first-order chi connectivity index (χ1) is 10.1. The van der Waals surface area contributed by atoms with E-state index in [1.54, 1.807) is 6.92 Å². The largest absolute Gasteiger partial charge is 0.342 e. The molecule has 0 aliphatic carbocycles. The lowest BCUT2D eigenvalue weighted by Crippen LogP contribution is -2.47. The van der Waals surface area contributed by atoms with Gasteiger partial charge in [0.15, 0.2) is 0 Å². The lowest BCUT2D eigenvalue weighted by molar-refractivity contribution is -0.140. The van der Waals surface area contributed by atoms with Crippen LogP contribution in [-0.2, 0) is 9.59 Å². The molecule has 0 saturated carbocycles. The molecule has 21 heavy (non-hydrogen) atoms. The molecule has 0 N–H and O–H groups in total. The van der Waals surface area contributed by atoms with E-state index in [0.29, 0.717) is 6.54 Å². The zero-order valence-corrected chi connectivity index (χ0v) is 13.1. The minimum Gasteiger partial charge on any atom is -0.342 e. The first-order valence-electron chi connectivity index (χ1n) is 7.99. The summed E-state index contributed by atoms with van der Waals surface area (Å²) in [6, 6.07) is 0. The molecule has 2 aliphatic rings. The molecule has 0 unspecified atom stereocenters. The topological polar surface area (TPSA) is 43.9 Å². The first-order valence-corrected chi connectivity index (χ1v) is 7.99. The van der Waals surface area contributed by atoms with Gasteiger partial charge in [-0.1, -0.05) is 6.08 Å².